The maximum Gasteiger partial charge on any atom is 0.317 e. The third-order valence-corrected chi connectivity index (χ3v) is 3.93. The highest BCUT2D eigenvalue weighted by molar-refractivity contribution is 5.79. The molecule has 8 nitrogen and oxygen atoms in total. The number of hydrogen-bond acceptors (Lipinski definition) is 4. The first-order valence-electron chi connectivity index (χ1n) is 7.18. The maximum atomic E-state index is 12.1. The summed E-state index contributed by atoms with van der Waals surface area (Å²) < 4.78 is 0. The Kier molecular flexibility index (Phi) is 4.77. The number of H-pyrrole nitrogens is 1. The second-order valence-electron chi connectivity index (χ2n) is 5.42. The highest BCUT2D eigenvalue weighted by Gasteiger charge is 2.45. The number of nitrogens with one attached hydrogen (secondary N) is 2. The predicted molar refractivity (Wildman–Crippen MR) is 74.7 cm³/mol. The number of aliphatic carboxylic acids is 1. The summed E-state index contributed by atoms with van der Waals surface area (Å²) >= 11 is 0. The van der Waals surface area contributed by atoms with Crippen LogP contribution in [-0.4, -0.2) is 56.8 Å². The van der Waals surface area contributed by atoms with Gasteiger partial charge in [-0.3, -0.25) is 9.89 Å². The van der Waals surface area contributed by atoms with Crippen molar-refractivity contribution < 1.29 is 14.7 Å². The van der Waals surface area contributed by atoms with Crippen LogP contribution in [0.4, 0.5) is 4.79 Å². The Morgan fingerprint density at radius 2 is 2.38 bits per heavy atom. The van der Waals surface area contributed by atoms with Gasteiger partial charge in [-0.2, -0.15) is 5.10 Å². The average Bonchev–Trinajstić information content (AvgIpc) is 3.09. The first kappa shape index (κ1) is 15.3. The van der Waals surface area contributed by atoms with Gasteiger partial charge in [0, 0.05) is 26.1 Å². The molecule has 1 aliphatic rings. The molecule has 1 aliphatic heterocycles. The Balaban J connectivity index is 1.82. The SMILES string of the molecule is CCCC1(C(=O)O)CCN(C(=O)NCCc2ncn[nH]2)C1. The fourth-order valence-corrected chi connectivity index (χ4v) is 2.76. The van der Waals surface area contributed by atoms with Crippen LogP contribution in [0.1, 0.15) is 32.0 Å². The van der Waals surface area contributed by atoms with Crippen LogP contribution >= 0.6 is 0 Å². The Morgan fingerprint density at radius 1 is 1.57 bits per heavy atom. The van der Waals surface area contributed by atoms with Crippen LogP contribution < -0.4 is 5.32 Å². The third kappa shape index (κ3) is 3.50. The van der Waals surface area contributed by atoms with E-state index >= 15 is 0 Å². The van der Waals surface area contributed by atoms with Gasteiger partial charge in [0.15, 0.2) is 0 Å². The molecule has 1 fully saturated rings. The molecule has 116 valence electrons. The molecule has 1 aromatic heterocycles. The molecule has 0 bridgehead atoms. The summed E-state index contributed by atoms with van der Waals surface area (Å²) in [7, 11) is 0. The molecule has 3 N–H and O–H groups in total. The Morgan fingerprint density at radius 3 is 3.00 bits per heavy atom. The van der Waals surface area contributed by atoms with E-state index in [4.69, 9.17) is 0 Å². The number of nitrogens with zero attached hydrogens (tertiary/aromatic N) is 3. The van der Waals surface area contributed by atoms with Gasteiger partial charge in [0.05, 0.1) is 5.41 Å². The summed E-state index contributed by atoms with van der Waals surface area (Å²) in [5.41, 5.74) is -0.781. The zero-order valence-electron chi connectivity index (χ0n) is 12.1. The lowest BCUT2D eigenvalue weighted by Gasteiger charge is -2.24. The molecular formula is C13H21N5O3. The standard InChI is InChI=1S/C13H21N5O3/c1-2-4-13(11(19)20)5-7-18(8-13)12(21)14-6-3-10-15-9-16-17-10/h9H,2-8H2,1H3,(H,14,21)(H,19,20)(H,15,16,17). The molecule has 0 saturated carbocycles. The molecule has 2 heterocycles. The number of aromatic nitrogens is 3. The number of likely N-dealkylation sites (tertiary alicyclic amines) is 1. The van der Waals surface area contributed by atoms with Gasteiger partial charge in [-0.1, -0.05) is 13.3 Å². The normalized spacial score (nSPS) is 21.5. The predicted octanol–water partition coefficient (Wildman–Crippen LogP) is 0.634. The van der Waals surface area contributed by atoms with Crippen LogP contribution in [0.25, 0.3) is 0 Å². The van der Waals surface area contributed by atoms with Crippen molar-refractivity contribution in [3.05, 3.63) is 12.2 Å². The average molecular weight is 295 g/mol. The molecule has 1 atom stereocenters. The van der Waals surface area contributed by atoms with Gasteiger partial charge >= 0.3 is 12.0 Å². The van der Waals surface area contributed by atoms with E-state index in [2.05, 4.69) is 20.5 Å². The molecule has 1 aromatic rings. The lowest BCUT2D eigenvalue weighted by Crippen LogP contribution is -2.42. The number of carboxylic acids is 1. The zero-order valence-corrected chi connectivity index (χ0v) is 12.1. The van der Waals surface area contributed by atoms with Gasteiger partial charge < -0.3 is 15.3 Å². The lowest BCUT2D eigenvalue weighted by molar-refractivity contribution is -0.148. The summed E-state index contributed by atoms with van der Waals surface area (Å²) in [6.45, 7) is 3.17. The van der Waals surface area contributed by atoms with Crippen LogP contribution in [0.2, 0.25) is 0 Å². The highest BCUT2D eigenvalue weighted by Crippen LogP contribution is 2.35. The Bertz CT molecular complexity index is 490. The monoisotopic (exact) mass is 295 g/mol. The van der Waals surface area contributed by atoms with Crippen molar-refractivity contribution in [1.82, 2.24) is 25.4 Å². The van der Waals surface area contributed by atoms with Gasteiger partial charge in [0.2, 0.25) is 0 Å². The Labute approximate surface area is 122 Å². The van der Waals surface area contributed by atoms with Gasteiger partial charge in [0.25, 0.3) is 0 Å². The summed E-state index contributed by atoms with van der Waals surface area (Å²) in [5, 5.41) is 18.7. The summed E-state index contributed by atoms with van der Waals surface area (Å²) in [4.78, 5) is 29.1. The van der Waals surface area contributed by atoms with Crippen LogP contribution in [0, 0.1) is 5.41 Å². The number of aromatic amines is 1. The second-order valence-corrected chi connectivity index (χ2v) is 5.42. The summed E-state index contributed by atoms with van der Waals surface area (Å²) in [5.74, 6) is -0.0936. The minimum absolute atomic E-state index is 0.214. The van der Waals surface area contributed by atoms with Gasteiger partial charge in [0.1, 0.15) is 12.2 Å². The molecule has 2 amide bonds. The largest absolute Gasteiger partial charge is 0.481 e. The molecule has 0 aromatic carbocycles. The first-order valence-corrected chi connectivity index (χ1v) is 7.18. The van der Waals surface area contributed by atoms with Crippen molar-refractivity contribution >= 4 is 12.0 Å². The quantitative estimate of drug-likeness (QED) is 0.713. The number of urea groups is 1. The molecule has 0 aliphatic carbocycles. The molecule has 1 saturated heterocycles. The third-order valence-electron chi connectivity index (χ3n) is 3.93. The van der Waals surface area contributed by atoms with Crippen LogP contribution in [0.3, 0.4) is 0 Å². The van der Waals surface area contributed by atoms with Gasteiger partial charge in [-0.15, -0.1) is 0 Å². The van der Waals surface area contributed by atoms with E-state index in [0.717, 1.165) is 6.42 Å². The van der Waals surface area contributed by atoms with Crippen molar-refractivity contribution in [2.45, 2.75) is 32.6 Å². The number of carbonyl (C=O) groups is 2. The first-order chi connectivity index (χ1) is 10.1. The number of amides is 2. The molecule has 2 rings (SSSR count). The fraction of sp³-hybridized carbons (Fsp3) is 0.692. The molecule has 21 heavy (non-hydrogen) atoms. The van der Waals surface area contributed by atoms with Crippen LogP contribution in [0.5, 0.6) is 0 Å². The van der Waals surface area contributed by atoms with Crippen LogP contribution in [-0.2, 0) is 11.2 Å². The van der Waals surface area contributed by atoms with E-state index in [9.17, 15) is 14.7 Å². The molecule has 0 radical (unpaired) electrons. The van der Waals surface area contributed by atoms with E-state index in [0.29, 0.717) is 38.2 Å². The van der Waals surface area contributed by atoms with Crippen LogP contribution in [0.15, 0.2) is 6.33 Å². The summed E-state index contributed by atoms with van der Waals surface area (Å²) in [6, 6.07) is -0.214. The maximum absolute atomic E-state index is 12.1. The van der Waals surface area contributed by atoms with E-state index in [1.807, 2.05) is 6.92 Å². The fourth-order valence-electron chi connectivity index (χ4n) is 2.76. The summed E-state index contributed by atoms with van der Waals surface area (Å²) in [6.07, 6.45) is 3.91. The van der Waals surface area contributed by atoms with Gasteiger partial charge in [-0.25, -0.2) is 9.78 Å². The van der Waals surface area contributed by atoms with Crippen molar-refractivity contribution in [1.29, 1.82) is 0 Å². The number of rotatable bonds is 6. The number of carboxylic acid groups (broad SMARTS) is 1. The van der Waals surface area contributed by atoms with E-state index < -0.39 is 11.4 Å². The van der Waals surface area contributed by atoms with Crippen molar-refractivity contribution in [3.63, 3.8) is 0 Å². The molecule has 0 spiro atoms. The minimum atomic E-state index is -0.804. The Hall–Kier alpha value is -2.12. The second kappa shape index (κ2) is 6.55. The highest BCUT2D eigenvalue weighted by atomic mass is 16.4. The zero-order chi connectivity index (χ0) is 15.3. The number of carbonyl (C=O) groups excluding carboxylic acids is 1. The minimum Gasteiger partial charge on any atom is -0.481 e. The molecule has 1 unspecified atom stereocenters. The molecule has 8 heteroatoms. The topological polar surface area (TPSA) is 111 Å². The van der Waals surface area contributed by atoms with Gasteiger partial charge in [-0.05, 0) is 12.8 Å². The van der Waals surface area contributed by atoms with E-state index in [1.54, 1.807) is 4.90 Å². The van der Waals surface area contributed by atoms with Crippen molar-refractivity contribution in [2.24, 2.45) is 5.41 Å². The van der Waals surface area contributed by atoms with E-state index in [-0.39, 0.29) is 12.6 Å². The lowest BCUT2D eigenvalue weighted by atomic mass is 9.83. The number of hydrogen-bond donors (Lipinski definition) is 3. The van der Waals surface area contributed by atoms with E-state index in [1.165, 1.54) is 6.33 Å². The smallest absolute Gasteiger partial charge is 0.317 e. The van der Waals surface area contributed by atoms with Crippen molar-refractivity contribution in [3.8, 4) is 0 Å². The molecular weight excluding hydrogens is 274 g/mol. The van der Waals surface area contributed by atoms with Crippen molar-refractivity contribution in [2.75, 3.05) is 19.6 Å².